The highest BCUT2D eigenvalue weighted by Gasteiger charge is 2.33. The molecule has 1 unspecified atom stereocenters. The Hall–Kier alpha value is -2.62. The number of aromatic nitrogens is 1. The van der Waals surface area contributed by atoms with E-state index in [2.05, 4.69) is 0 Å². The zero-order valence-electron chi connectivity index (χ0n) is 12.2. The highest BCUT2D eigenvalue weighted by molar-refractivity contribution is 5.81. The molecule has 3 aromatic rings. The van der Waals surface area contributed by atoms with Gasteiger partial charge in [0.25, 0.3) is 0 Å². The van der Waals surface area contributed by atoms with Gasteiger partial charge in [-0.15, -0.1) is 0 Å². The molecule has 2 aromatic carbocycles. The van der Waals surface area contributed by atoms with Crippen LogP contribution in [-0.4, -0.2) is 15.6 Å². The van der Waals surface area contributed by atoms with Crippen molar-refractivity contribution in [3.63, 3.8) is 0 Å². The molecule has 0 aliphatic carbocycles. The normalized spacial score (nSPS) is 13.9. The van der Waals surface area contributed by atoms with Crippen molar-refractivity contribution in [3.05, 3.63) is 72.2 Å². The van der Waals surface area contributed by atoms with Crippen molar-refractivity contribution in [1.29, 1.82) is 0 Å². The van der Waals surface area contributed by atoms with E-state index in [-0.39, 0.29) is 12.2 Å². The molecule has 112 valence electrons. The summed E-state index contributed by atoms with van der Waals surface area (Å²) in [7, 11) is 0. The van der Waals surface area contributed by atoms with Gasteiger partial charge >= 0.3 is 5.97 Å². The molecule has 22 heavy (non-hydrogen) atoms. The van der Waals surface area contributed by atoms with Crippen LogP contribution in [0.1, 0.15) is 18.9 Å². The molecule has 0 saturated heterocycles. The van der Waals surface area contributed by atoms with Crippen LogP contribution in [-0.2, 0) is 10.3 Å². The minimum absolute atomic E-state index is 0.130. The van der Waals surface area contributed by atoms with Gasteiger partial charge in [-0.3, -0.25) is 4.79 Å². The number of fused-ring (bicyclic) bond motifs is 1. The second-order valence-electron chi connectivity index (χ2n) is 5.57. The van der Waals surface area contributed by atoms with Gasteiger partial charge in [-0.2, -0.15) is 0 Å². The standard InChI is InChI=1S/C18H16FNO2/c1-18(12-16(21)22,14-7-3-2-4-8-14)20-11-10-13-6-5-9-15(19)17(13)20/h2-11H,12H2,1H3,(H,21,22). The van der Waals surface area contributed by atoms with E-state index in [1.165, 1.54) is 6.07 Å². The van der Waals surface area contributed by atoms with Crippen LogP contribution in [0.15, 0.2) is 60.8 Å². The molecule has 0 spiro atoms. The highest BCUT2D eigenvalue weighted by Crippen LogP contribution is 2.34. The van der Waals surface area contributed by atoms with Crippen LogP contribution in [0.3, 0.4) is 0 Å². The van der Waals surface area contributed by atoms with E-state index >= 15 is 0 Å². The van der Waals surface area contributed by atoms with Crippen molar-refractivity contribution >= 4 is 16.9 Å². The van der Waals surface area contributed by atoms with E-state index in [1.54, 1.807) is 22.9 Å². The second-order valence-corrected chi connectivity index (χ2v) is 5.57. The van der Waals surface area contributed by atoms with Gasteiger partial charge in [-0.05, 0) is 24.6 Å². The van der Waals surface area contributed by atoms with Crippen LogP contribution in [0, 0.1) is 5.82 Å². The molecule has 0 radical (unpaired) electrons. The summed E-state index contributed by atoms with van der Waals surface area (Å²) in [6.45, 7) is 1.82. The number of benzene rings is 2. The molecule has 1 atom stereocenters. The van der Waals surface area contributed by atoms with Crippen molar-refractivity contribution in [1.82, 2.24) is 4.57 Å². The van der Waals surface area contributed by atoms with Gasteiger partial charge in [0, 0.05) is 11.6 Å². The number of hydrogen-bond acceptors (Lipinski definition) is 1. The summed E-state index contributed by atoms with van der Waals surface area (Å²) in [6.07, 6.45) is 1.62. The van der Waals surface area contributed by atoms with Crippen molar-refractivity contribution in [2.75, 3.05) is 0 Å². The number of carboxylic acids is 1. The van der Waals surface area contributed by atoms with Gasteiger partial charge in [0.15, 0.2) is 0 Å². The van der Waals surface area contributed by atoms with E-state index in [9.17, 15) is 14.3 Å². The lowest BCUT2D eigenvalue weighted by atomic mass is 9.88. The van der Waals surface area contributed by atoms with Crippen LogP contribution in [0.5, 0.6) is 0 Å². The third kappa shape index (κ3) is 2.26. The Labute approximate surface area is 127 Å². The summed E-state index contributed by atoms with van der Waals surface area (Å²) in [5, 5.41) is 10.1. The Morgan fingerprint density at radius 1 is 1.14 bits per heavy atom. The first kappa shape index (κ1) is 14.3. The molecule has 0 fully saturated rings. The molecular formula is C18H16FNO2. The lowest BCUT2D eigenvalue weighted by molar-refractivity contribution is -0.138. The number of rotatable bonds is 4. The molecule has 1 N–H and O–H groups in total. The van der Waals surface area contributed by atoms with Crippen molar-refractivity contribution in [2.24, 2.45) is 0 Å². The quantitative estimate of drug-likeness (QED) is 0.790. The number of aliphatic carboxylic acids is 1. The molecule has 0 aliphatic rings. The summed E-state index contributed by atoms with van der Waals surface area (Å²) in [6, 6.07) is 16.0. The van der Waals surface area contributed by atoms with E-state index in [0.29, 0.717) is 5.52 Å². The topological polar surface area (TPSA) is 42.2 Å². The first-order chi connectivity index (χ1) is 10.5. The van der Waals surface area contributed by atoms with Gasteiger partial charge in [0.1, 0.15) is 5.82 Å². The number of carbonyl (C=O) groups is 1. The average Bonchev–Trinajstić information content (AvgIpc) is 2.93. The minimum Gasteiger partial charge on any atom is -0.481 e. The molecule has 3 rings (SSSR count). The van der Waals surface area contributed by atoms with E-state index in [0.717, 1.165) is 10.9 Å². The Bertz CT molecular complexity index is 825. The molecule has 1 heterocycles. The summed E-state index contributed by atoms with van der Waals surface area (Å²) < 4.78 is 16.0. The third-order valence-corrected chi connectivity index (χ3v) is 4.08. The summed E-state index contributed by atoms with van der Waals surface area (Å²) >= 11 is 0. The lowest BCUT2D eigenvalue weighted by Crippen LogP contribution is -2.33. The fourth-order valence-electron chi connectivity index (χ4n) is 2.98. The highest BCUT2D eigenvalue weighted by atomic mass is 19.1. The van der Waals surface area contributed by atoms with Crippen molar-refractivity contribution < 1.29 is 14.3 Å². The fraction of sp³-hybridized carbons (Fsp3) is 0.167. The number of halogens is 1. The largest absolute Gasteiger partial charge is 0.481 e. The monoisotopic (exact) mass is 297 g/mol. The minimum atomic E-state index is -0.926. The van der Waals surface area contributed by atoms with Crippen LogP contribution < -0.4 is 0 Å². The van der Waals surface area contributed by atoms with Crippen molar-refractivity contribution in [3.8, 4) is 0 Å². The Kier molecular flexibility index (Phi) is 3.45. The lowest BCUT2D eigenvalue weighted by Gasteiger charge is -2.32. The van der Waals surface area contributed by atoms with Gasteiger partial charge in [0.05, 0.1) is 17.5 Å². The summed E-state index contributed by atoms with van der Waals surface area (Å²) in [5.74, 6) is -1.28. The first-order valence-corrected chi connectivity index (χ1v) is 7.06. The summed E-state index contributed by atoms with van der Waals surface area (Å²) in [5.41, 5.74) is 0.394. The molecule has 0 bridgehead atoms. The first-order valence-electron chi connectivity index (χ1n) is 7.06. The average molecular weight is 297 g/mol. The van der Waals surface area contributed by atoms with E-state index in [4.69, 9.17) is 0 Å². The third-order valence-electron chi connectivity index (χ3n) is 4.08. The van der Waals surface area contributed by atoms with E-state index < -0.39 is 11.5 Å². The zero-order chi connectivity index (χ0) is 15.7. The number of hydrogen-bond donors (Lipinski definition) is 1. The molecular weight excluding hydrogens is 281 g/mol. The Morgan fingerprint density at radius 3 is 2.55 bits per heavy atom. The second kappa shape index (κ2) is 5.30. The number of para-hydroxylation sites is 1. The van der Waals surface area contributed by atoms with Crippen molar-refractivity contribution in [2.45, 2.75) is 18.9 Å². The smallest absolute Gasteiger partial charge is 0.306 e. The Morgan fingerprint density at radius 2 is 1.86 bits per heavy atom. The van der Waals surface area contributed by atoms with Gasteiger partial charge in [0.2, 0.25) is 0 Å². The zero-order valence-corrected chi connectivity index (χ0v) is 12.2. The number of nitrogens with zero attached hydrogens (tertiary/aromatic N) is 1. The number of carboxylic acid groups (broad SMARTS) is 1. The maximum absolute atomic E-state index is 14.3. The molecule has 0 saturated carbocycles. The van der Waals surface area contributed by atoms with Crippen LogP contribution in [0.25, 0.3) is 10.9 Å². The SMILES string of the molecule is CC(CC(=O)O)(c1ccccc1)n1ccc2cccc(F)c21. The van der Waals surface area contributed by atoms with Crippen LogP contribution in [0.2, 0.25) is 0 Å². The van der Waals surface area contributed by atoms with Gasteiger partial charge in [-0.1, -0.05) is 42.5 Å². The fourth-order valence-corrected chi connectivity index (χ4v) is 2.98. The molecule has 4 heteroatoms. The van der Waals surface area contributed by atoms with Gasteiger partial charge in [-0.25, -0.2) is 4.39 Å². The summed E-state index contributed by atoms with van der Waals surface area (Å²) in [4.78, 5) is 11.4. The molecule has 0 aliphatic heterocycles. The van der Waals surface area contributed by atoms with Crippen LogP contribution in [0.4, 0.5) is 4.39 Å². The van der Waals surface area contributed by atoms with Crippen LogP contribution >= 0.6 is 0 Å². The maximum atomic E-state index is 14.3. The van der Waals surface area contributed by atoms with E-state index in [1.807, 2.05) is 43.3 Å². The molecule has 3 nitrogen and oxygen atoms in total. The molecule has 1 aromatic heterocycles. The van der Waals surface area contributed by atoms with Gasteiger partial charge < -0.3 is 9.67 Å². The Balaban J connectivity index is 2.27. The maximum Gasteiger partial charge on any atom is 0.306 e. The predicted molar refractivity (Wildman–Crippen MR) is 83.3 cm³/mol. The molecule has 0 amide bonds. The predicted octanol–water partition coefficient (Wildman–Crippen LogP) is 4.02.